The zero-order valence-electron chi connectivity index (χ0n) is 15.6. The lowest BCUT2D eigenvalue weighted by molar-refractivity contribution is 0.121. The Hall–Kier alpha value is -1.90. The van der Waals surface area contributed by atoms with Crippen LogP contribution in [0.4, 0.5) is 5.95 Å². The highest BCUT2D eigenvalue weighted by Crippen LogP contribution is 2.29. The molecule has 1 fully saturated rings. The standard InChI is InChI=1S/C19H23N5OS2/c1-3-24-18(23-8-10-25-11-9-23)21-22-19(24)27-13-16-12-26-17(20-16)15-6-4-14(2)5-7-15/h4-7,12H,3,8-11,13H2,1-2H3. The molecule has 0 atom stereocenters. The van der Waals surface area contributed by atoms with Crippen LogP contribution in [0.2, 0.25) is 0 Å². The molecule has 8 heteroatoms. The first kappa shape index (κ1) is 18.5. The minimum absolute atomic E-state index is 0.750. The Labute approximate surface area is 167 Å². The van der Waals surface area contributed by atoms with Crippen LogP contribution < -0.4 is 4.90 Å². The number of morpholine rings is 1. The molecule has 1 saturated heterocycles. The summed E-state index contributed by atoms with van der Waals surface area (Å²) in [5.41, 5.74) is 3.52. The number of benzene rings is 1. The van der Waals surface area contributed by atoms with E-state index in [0.29, 0.717) is 0 Å². The number of anilines is 1. The highest BCUT2D eigenvalue weighted by Gasteiger charge is 2.20. The molecule has 27 heavy (non-hydrogen) atoms. The van der Waals surface area contributed by atoms with Crippen molar-refractivity contribution in [3.05, 3.63) is 40.9 Å². The van der Waals surface area contributed by atoms with Crippen molar-refractivity contribution in [1.82, 2.24) is 19.7 Å². The number of aromatic nitrogens is 4. The SMILES string of the molecule is CCn1c(SCc2csc(-c3ccc(C)cc3)n2)nnc1N1CCOCC1. The van der Waals surface area contributed by atoms with Gasteiger partial charge >= 0.3 is 0 Å². The molecule has 0 unspecified atom stereocenters. The topological polar surface area (TPSA) is 56.1 Å². The van der Waals surface area contributed by atoms with E-state index in [0.717, 1.165) is 60.4 Å². The monoisotopic (exact) mass is 401 g/mol. The molecule has 0 radical (unpaired) electrons. The summed E-state index contributed by atoms with van der Waals surface area (Å²) in [7, 11) is 0. The molecular weight excluding hydrogens is 378 g/mol. The number of nitrogens with zero attached hydrogens (tertiary/aromatic N) is 5. The van der Waals surface area contributed by atoms with Gasteiger partial charge in [-0.3, -0.25) is 4.57 Å². The molecule has 1 aromatic carbocycles. The first-order chi connectivity index (χ1) is 13.2. The maximum atomic E-state index is 5.44. The van der Waals surface area contributed by atoms with Crippen LogP contribution in [0, 0.1) is 6.92 Å². The Morgan fingerprint density at radius 2 is 1.93 bits per heavy atom. The lowest BCUT2D eigenvalue weighted by atomic mass is 10.2. The van der Waals surface area contributed by atoms with Gasteiger partial charge in [0.2, 0.25) is 5.95 Å². The zero-order valence-corrected chi connectivity index (χ0v) is 17.2. The Morgan fingerprint density at radius 3 is 2.67 bits per heavy atom. The first-order valence-corrected chi connectivity index (χ1v) is 11.0. The van der Waals surface area contributed by atoms with E-state index in [1.165, 1.54) is 11.1 Å². The van der Waals surface area contributed by atoms with Gasteiger partial charge in [0.1, 0.15) is 5.01 Å². The van der Waals surface area contributed by atoms with Crippen molar-refractivity contribution in [2.75, 3.05) is 31.2 Å². The van der Waals surface area contributed by atoms with Gasteiger partial charge in [0, 0.05) is 36.3 Å². The maximum Gasteiger partial charge on any atom is 0.228 e. The van der Waals surface area contributed by atoms with Crippen LogP contribution in [0.15, 0.2) is 34.8 Å². The summed E-state index contributed by atoms with van der Waals surface area (Å²) in [6.07, 6.45) is 0. The summed E-state index contributed by atoms with van der Waals surface area (Å²) in [4.78, 5) is 7.04. The van der Waals surface area contributed by atoms with E-state index < -0.39 is 0 Å². The van der Waals surface area contributed by atoms with E-state index in [1.807, 2.05) is 0 Å². The van der Waals surface area contributed by atoms with Crippen molar-refractivity contribution < 1.29 is 4.74 Å². The third-order valence-electron chi connectivity index (χ3n) is 4.51. The van der Waals surface area contributed by atoms with Crippen LogP contribution >= 0.6 is 23.1 Å². The number of rotatable bonds is 6. The van der Waals surface area contributed by atoms with Gasteiger partial charge in [0.05, 0.1) is 18.9 Å². The average Bonchev–Trinajstić information content (AvgIpc) is 3.34. The molecular formula is C19H23N5OS2. The van der Waals surface area contributed by atoms with Crippen molar-refractivity contribution in [2.24, 2.45) is 0 Å². The van der Waals surface area contributed by atoms with Gasteiger partial charge in [0.25, 0.3) is 0 Å². The Bertz CT molecular complexity index is 884. The second-order valence-corrected chi connectivity index (χ2v) is 8.23. The van der Waals surface area contributed by atoms with Crippen molar-refractivity contribution in [3.8, 4) is 10.6 Å². The molecule has 6 nitrogen and oxygen atoms in total. The fourth-order valence-electron chi connectivity index (χ4n) is 3.00. The lowest BCUT2D eigenvalue weighted by Crippen LogP contribution is -2.38. The van der Waals surface area contributed by atoms with Crippen LogP contribution in [0.5, 0.6) is 0 Å². The van der Waals surface area contributed by atoms with Gasteiger partial charge in [-0.05, 0) is 13.8 Å². The smallest absolute Gasteiger partial charge is 0.228 e. The molecule has 4 rings (SSSR count). The van der Waals surface area contributed by atoms with Gasteiger partial charge < -0.3 is 9.64 Å². The lowest BCUT2D eigenvalue weighted by Gasteiger charge is -2.27. The van der Waals surface area contributed by atoms with E-state index in [-0.39, 0.29) is 0 Å². The fraction of sp³-hybridized carbons (Fsp3) is 0.421. The molecule has 3 aromatic rings. The van der Waals surface area contributed by atoms with E-state index >= 15 is 0 Å². The van der Waals surface area contributed by atoms with Crippen LogP contribution in [-0.4, -0.2) is 46.1 Å². The normalized spacial score (nSPS) is 14.7. The minimum atomic E-state index is 0.750. The Kier molecular flexibility index (Phi) is 5.75. The molecule has 0 spiro atoms. The van der Waals surface area contributed by atoms with Crippen LogP contribution in [-0.2, 0) is 17.0 Å². The van der Waals surface area contributed by atoms with Gasteiger partial charge in [-0.2, -0.15) is 0 Å². The van der Waals surface area contributed by atoms with Crippen molar-refractivity contribution in [2.45, 2.75) is 31.3 Å². The van der Waals surface area contributed by atoms with Gasteiger partial charge in [-0.1, -0.05) is 41.6 Å². The van der Waals surface area contributed by atoms with E-state index in [2.05, 4.69) is 63.2 Å². The summed E-state index contributed by atoms with van der Waals surface area (Å²) in [5, 5.41) is 13.0. The second-order valence-electron chi connectivity index (χ2n) is 6.42. The van der Waals surface area contributed by atoms with Crippen molar-refractivity contribution in [1.29, 1.82) is 0 Å². The first-order valence-electron chi connectivity index (χ1n) is 9.14. The van der Waals surface area contributed by atoms with Gasteiger partial charge in [0.15, 0.2) is 5.16 Å². The molecule has 0 N–H and O–H groups in total. The molecule has 1 aliphatic heterocycles. The van der Waals surface area contributed by atoms with E-state index in [1.54, 1.807) is 23.1 Å². The highest BCUT2D eigenvalue weighted by atomic mass is 32.2. The molecule has 2 aromatic heterocycles. The molecule has 3 heterocycles. The van der Waals surface area contributed by atoms with Gasteiger partial charge in [-0.25, -0.2) is 4.98 Å². The van der Waals surface area contributed by atoms with Gasteiger partial charge in [-0.15, -0.1) is 21.5 Å². The molecule has 0 bridgehead atoms. The Morgan fingerprint density at radius 1 is 1.15 bits per heavy atom. The fourth-order valence-corrected chi connectivity index (χ4v) is 4.82. The zero-order chi connectivity index (χ0) is 18.6. The third kappa shape index (κ3) is 4.17. The van der Waals surface area contributed by atoms with Crippen molar-refractivity contribution in [3.63, 3.8) is 0 Å². The van der Waals surface area contributed by atoms with Crippen LogP contribution in [0.3, 0.4) is 0 Å². The maximum absolute atomic E-state index is 5.44. The predicted octanol–water partition coefficient (Wildman–Crippen LogP) is 3.86. The number of hydrogen-bond donors (Lipinski definition) is 0. The van der Waals surface area contributed by atoms with E-state index in [9.17, 15) is 0 Å². The number of aryl methyl sites for hydroxylation is 1. The summed E-state index contributed by atoms with van der Waals surface area (Å²) < 4.78 is 7.62. The summed E-state index contributed by atoms with van der Waals surface area (Å²) in [6.45, 7) is 8.33. The molecule has 0 aliphatic carbocycles. The second kappa shape index (κ2) is 8.41. The molecule has 0 amide bonds. The minimum Gasteiger partial charge on any atom is -0.378 e. The summed E-state index contributed by atoms with van der Waals surface area (Å²) >= 11 is 3.39. The predicted molar refractivity (Wildman–Crippen MR) is 111 cm³/mol. The molecule has 142 valence electrons. The Balaban J connectivity index is 1.44. The highest BCUT2D eigenvalue weighted by molar-refractivity contribution is 7.98. The molecule has 0 saturated carbocycles. The molecule has 1 aliphatic rings. The average molecular weight is 402 g/mol. The van der Waals surface area contributed by atoms with E-state index in [4.69, 9.17) is 9.72 Å². The largest absolute Gasteiger partial charge is 0.378 e. The summed E-state index contributed by atoms with van der Waals surface area (Å²) in [6, 6.07) is 8.52. The third-order valence-corrected chi connectivity index (χ3v) is 6.45. The number of hydrogen-bond acceptors (Lipinski definition) is 7. The number of thiazole rings is 1. The number of thioether (sulfide) groups is 1. The quantitative estimate of drug-likeness (QED) is 0.585. The summed E-state index contributed by atoms with van der Waals surface area (Å²) in [5.74, 6) is 1.74. The van der Waals surface area contributed by atoms with Crippen molar-refractivity contribution >= 4 is 29.0 Å². The van der Waals surface area contributed by atoms with Crippen LogP contribution in [0.25, 0.3) is 10.6 Å². The van der Waals surface area contributed by atoms with Crippen LogP contribution in [0.1, 0.15) is 18.2 Å². The number of ether oxygens (including phenoxy) is 1.